The van der Waals surface area contributed by atoms with Crippen molar-refractivity contribution in [1.29, 1.82) is 0 Å². The van der Waals surface area contributed by atoms with E-state index in [0.717, 1.165) is 38.9 Å². The largest absolute Gasteiger partial charge is 0.494 e. The van der Waals surface area contributed by atoms with Crippen molar-refractivity contribution in [1.82, 2.24) is 9.88 Å². The number of anilines is 1. The molecular weight excluding hydrogens is 597 g/mol. The number of nitrogens with zero attached hydrogens (tertiary/aromatic N) is 2. The summed E-state index contributed by atoms with van der Waals surface area (Å²) >= 11 is 12.2. The van der Waals surface area contributed by atoms with Crippen LogP contribution in [0.4, 0.5) is 10.5 Å². The van der Waals surface area contributed by atoms with Crippen molar-refractivity contribution in [2.75, 3.05) is 11.5 Å². The van der Waals surface area contributed by atoms with Crippen LogP contribution >= 0.6 is 23.2 Å². The van der Waals surface area contributed by atoms with Gasteiger partial charge in [-0.1, -0.05) is 83.9 Å². The molecule has 0 spiro atoms. The molecule has 6 rings (SSSR count). The number of ether oxygens (including phenoxy) is 1. The fourth-order valence-corrected chi connectivity index (χ4v) is 5.44. The monoisotopic (exact) mass is 621 g/mol. The Morgan fingerprint density at radius 3 is 2.02 bits per heavy atom. The standard InChI is InChI=1S/C35H25Cl2N3O4/c1-2-44-27-16-13-25(14-17-27)39-31(22-9-5-3-6-10-22)20-24(32(39)23-11-7-4-8-12-23)19-28-33(41)38-35(43)40(34(28)42)26-15-18-29(36)30(37)21-26/h3-21H,2H2,1H3,(H,38,41,43)/b28-19-. The predicted molar refractivity (Wildman–Crippen MR) is 173 cm³/mol. The van der Waals surface area contributed by atoms with Crippen LogP contribution in [0.1, 0.15) is 12.5 Å². The Bertz CT molecular complexity index is 1920. The van der Waals surface area contributed by atoms with E-state index >= 15 is 0 Å². The Hall–Kier alpha value is -5.11. The highest BCUT2D eigenvalue weighted by molar-refractivity contribution is 6.43. The molecule has 0 aliphatic carbocycles. The lowest BCUT2D eigenvalue weighted by Crippen LogP contribution is -2.54. The molecular formula is C35H25Cl2N3O4. The summed E-state index contributed by atoms with van der Waals surface area (Å²) in [5, 5.41) is 2.72. The Morgan fingerprint density at radius 1 is 0.750 bits per heavy atom. The van der Waals surface area contributed by atoms with Gasteiger partial charge in [-0.25, -0.2) is 9.69 Å². The number of nitrogens with one attached hydrogen (secondary N) is 1. The van der Waals surface area contributed by atoms with Gasteiger partial charge in [0.25, 0.3) is 11.8 Å². The molecule has 0 unspecified atom stereocenters. The van der Waals surface area contributed by atoms with E-state index in [1.165, 1.54) is 24.3 Å². The molecule has 1 saturated heterocycles. The normalized spacial score (nSPS) is 14.2. The summed E-state index contributed by atoms with van der Waals surface area (Å²) in [6, 6.07) is 32.7. The molecule has 0 atom stereocenters. The highest BCUT2D eigenvalue weighted by Crippen LogP contribution is 2.38. The maximum atomic E-state index is 13.8. The summed E-state index contributed by atoms with van der Waals surface area (Å²) < 4.78 is 7.76. The number of imide groups is 2. The molecule has 7 nitrogen and oxygen atoms in total. The van der Waals surface area contributed by atoms with E-state index in [-0.39, 0.29) is 21.3 Å². The smallest absolute Gasteiger partial charge is 0.335 e. The minimum absolute atomic E-state index is 0.165. The van der Waals surface area contributed by atoms with Gasteiger partial charge in [-0.05, 0) is 72.7 Å². The molecule has 1 fully saturated rings. The molecule has 218 valence electrons. The quantitative estimate of drug-likeness (QED) is 0.147. The molecule has 1 N–H and O–H groups in total. The number of halogens is 2. The van der Waals surface area contributed by atoms with Crippen molar-refractivity contribution in [3.05, 3.63) is 130 Å². The van der Waals surface area contributed by atoms with Gasteiger partial charge in [0, 0.05) is 11.3 Å². The van der Waals surface area contributed by atoms with E-state index in [4.69, 9.17) is 27.9 Å². The number of hydrogen-bond acceptors (Lipinski definition) is 4. The first-order valence-corrected chi connectivity index (χ1v) is 14.6. The van der Waals surface area contributed by atoms with Gasteiger partial charge in [0.05, 0.1) is 33.7 Å². The first-order valence-electron chi connectivity index (χ1n) is 13.8. The topological polar surface area (TPSA) is 80.6 Å². The Labute approximate surface area is 263 Å². The average molecular weight is 623 g/mol. The first kappa shape index (κ1) is 29.0. The number of rotatable bonds is 7. The van der Waals surface area contributed by atoms with Crippen molar-refractivity contribution in [2.45, 2.75) is 6.92 Å². The third-order valence-electron chi connectivity index (χ3n) is 7.12. The number of carbonyl (C=O) groups excluding carboxylic acids is 3. The second kappa shape index (κ2) is 12.2. The number of hydrogen-bond donors (Lipinski definition) is 1. The van der Waals surface area contributed by atoms with Crippen LogP contribution in [0.3, 0.4) is 0 Å². The van der Waals surface area contributed by atoms with Gasteiger partial charge < -0.3 is 9.30 Å². The number of barbiturate groups is 1. The van der Waals surface area contributed by atoms with Crippen molar-refractivity contribution < 1.29 is 19.1 Å². The predicted octanol–water partition coefficient (Wildman–Crippen LogP) is 8.18. The van der Waals surface area contributed by atoms with Gasteiger partial charge in [-0.3, -0.25) is 14.9 Å². The molecule has 0 bridgehead atoms. The molecule has 0 radical (unpaired) electrons. The number of carbonyl (C=O) groups is 3. The van der Waals surface area contributed by atoms with Gasteiger partial charge in [0.1, 0.15) is 11.3 Å². The van der Waals surface area contributed by atoms with Crippen LogP contribution in [0.15, 0.2) is 115 Å². The molecule has 0 saturated carbocycles. The van der Waals surface area contributed by atoms with Crippen LogP contribution in [0, 0.1) is 0 Å². The third kappa shape index (κ3) is 5.51. The zero-order valence-electron chi connectivity index (χ0n) is 23.5. The average Bonchev–Trinajstić information content (AvgIpc) is 3.41. The molecule has 1 aromatic heterocycles. The second-order valence-corrected chi connectivity index (χ2v) is 10.7. The molecule has 4 amide bonds. The maximum absolute atomic E-state index is 13.8. The van der Waals surface area contributed by atoms with E-state index < -0.39 is 17.8 Å². The lowest BCUT2D eigenvalue weighted by molar-refractivity contribution is -0.122. The minimum Gasteiger partial charge on any atom is -0.494 e. The van der Waals surface area contributed by atoms with Gasteiger partial charge in [0.15, 0.2) is 0 Å². The van der Waals surface area contributed by atoms with Crippen LogP contribution in [0.5, 0.6) is 5.75 Å². The van der Waals surface area contributed by atoms with Gasteiger partial charge in [-0.2, -0.15) is 0 Å². The summed E-state index contributed by atoms with van der Waals surface area (Å²) in [6.45, 7) is 2.47. The summed E-state index contributed by atoms with van der Waals surface area (Å²) in [5.74, 6) is -0.846. The van der Waals surface area contributed by atoms with E-state index in [1.54, 1.807) is 0 Å². The molecule has 4 aromatic carbocycles. The van der Waals surface area contributed by atoms with Crippen molar-refractivity contribution in [2.24, 2.45) is 0 Å². The SMILES string of the molecule is CCOc1ccc(-n2c(-c3ccccc3)cc(/C=C3/C(=O)NC(=O)N(c4ccc(Cl)c(Cl)c4)C3=O)c2-c2ccccc2)cc1. The van der Waals surface area contributed by atoms with Crippen molar-refractivity contribution >= 4 is 52.8 Å². The first-order chi connectivity index (χ1) is 21.4. The van der Waals surface area contributed by atoms with Crippen LogP contribution in [0.25, 0.3) is 34.3 Å². The Kier molecular flexibility index (Phi) is 8.07. The molecule has 1 aliphatic heterocycles. The lowest BCUT2D eigenvalue weighted by Gasteiger charge is -2.26. The fraction of sp³-hybridized carbons (Fsp3) is 0.0571. The maximum Gasteiger partial charge on any atom is 0.335 e. The van der Waals surface area contributed by atoms with E-state index in [2.05, 4.69) is 9.88 Å². The second-order valence-electron chi connectivity index (χ2n) is 9.88. The van der Waals surface area contributed by atoms with Crippen LogP contribution in [0.2, 0.25) is 10.0 Å². The summed E-state index contributed by atoms with van der Waals surface area (Å²) in [5.41, 5.74) is 4.79. The van der Waals surface area contributed by atoms with Crippen molar-refractivity contribution in [3.8, 4) is 34.0 Å². The Morgan fingerprint density at radius 2 is 1.39 bits per heavy atom. The van der Waals surface area contributed by atoms with E-state index in [1.807, 2.05) is 97.9 Å². The third-order valence-corrected chi connectivity index (χ3v) is 7.85. The molecule has 2 heterocycles. The molecule has 5 aromatic rings. The molecule has 1 aliphatic rings. The minimum atomic E-state index is -0.879. The van der Waals surface area contributed by atoms with Crippen LogP contribution in [-0.4, -0.2) is 29.0 Å². The zero-order valence-corrected chi connectivity index (χ0v) is 25.0. The lowest BCUT2D eigenvalue weighted by atomic mass is 10.0. The fourth-order valence-electron chi connectivity index (χ4n) is 5.15. The van der Waals surface area contributed by atoms with Crippen molar-refractivity contribution in [3.63, 3.8) is 0 Å². The number of urea groups is 1. The van der Waals surface area contributed by atoms with Gasteiger partial charge in [0.2, 0.25) is 0 Å². The Balaban J connectivity index is 1.57. The molecule has 44 heavy (non-hydrogen) atoms. The highest BCUT2D eigenvalue weighted by Gasteiger charge is 2.37. The summed E-state index contributed by atoms with van der Waals surface area (Å²) in [7, 11) is 0. The zero-order chi connectivity index (χ0) is 30.8. The number of amides is 4. The van der Waals surface area contributed by atoms with Gasteiger partial charge in [-0.15, -0.1) is 0 Å². The summed E-state index contributed by atoms with van der Waals surface area (Å²) in [6.07, 6.45) is 1.52. The number of aromatic nitrogens is 1. The van der Waals surface area contributed by atoms with E-state index in [0.29, 0.717) is 12.2 Å². The molecule has 9 heteroatoms. The number of benzene rings is 4. The summed E-state index contributed by atoms with van der Waals surface area (Å²) in [4.78, 5) is 40.7. The highest BCUT2D eigenvalue weighted by atomic mass is 35.5. The van der Waals surface area contributed by atoms with Crippen LogP contribution < -0.4 is 15.0 Å². The van der Waals surface area contributed by atoms with E-state index in [9.17, 15) is 14.4 Å². The van der Waals surface area contributed by atoms with Crippen LogP contribution in [-0.2, 0) is 9.59 Å². The van der Waals surface area contributed by atoms with Gasteiger partial charge >= 0.3 is 6.03 Å².